The van der Waals surface area contributed by atoms with Gasteiger partial charge in [0.05, 0.1) is 13.2 Å². The van der Waals surface area contributed by atoms with Gasteiger partial charge in [0, 0.05) is 7.05 Å². The lowest BCUT2D eigenvalue weighted by molar-refractivity contribution is -0.184. The van der Waals surface area contributed by atoms with E-state index in [1.165, 1.54) is 14.2 Å². The Labute approximate surface area is 164 Å². The SMILES string of the molecule is CON(C)C(=O)C(OCC(=O)O)C(Cc1ccccc1)NC(=O)OC(C)(C)C. The van der Waals surface area contributed by atoms with Crippen molar-refractivity contribution in [2.45, 2.75) is 44.9 Å². The predicted octanol–water partition coefficient (Wildman–Crippen LogP) is 1.61. The Balaban J connectivity index is 3.14. The van der Waals surface area contributed by atoms with Crippen molar-refractivity contribution in [2.75, 3.05) is 20.8 Å². The third-order valence-corrected chi connectivity index (χ3v) is 3.58. The molecule has 0 aliphatic heterocycles. The van der Waals surface area contributed by atoms with E-state index in [-0.39, 0.29) is 6.42 Å². The average molecular weight is 396 g/mol. The number of benzene rings is 1. The molecule has 2 atom stereocenters. The molecular formula is C19H28N2O7. The summed E-state index contributed by atoms with van der Waals surface area (Å²) in [4.78, 5) is 40.8. The van der Waals surface area contributed by atoms with Crippen LogP contribution in [-0.2, 0) is 30.3 Å². The lowest BCUT2D eigenvalue weighted by atomic mass is 10.0. The molecule has 0 saturated heterocycles. The highest BCUT2D eigenvalue weighted by molar-refractivity contribution is 5.82. The first-order valence-corrected chi connectivity index (χ1v) is 8.72. The maximum absolute atomic E-state index is 12.7. The number of carboxylic acids is 1. The molecule has 0 bridgehead atoms. The van der Waals surface area contributed by atoms with Gasteiger partial charge in [0.2, 0.25) is 0 Å². The monoisotopic (exact) mass is 396 g/mol. The average Bonchev–Trinajstić information content (AvgIpc) is 2.59. The summed E-state index contributed by atoms with van der Waals surface area (Å²) in [6.07, 6.45) is -1.83. The number of nitrogens with zero attached hydrogens (tertiary/aromatic N) is 1. The fraction of sp³-hybridized carbons (Fsp3) is 0.526. The first-order chi connectivity index (χ1) is 13.0. The van der Waals surface area contributed by atoms with Crippen molar-refractivity contribution < 1.29 is 33.8 Å². The number of aliphatic carboxylic acids is 1. The smallest absolute Gasteiger partial charge is 0.407 e. The van der Waals surface area contributed by atoms with Crippen molar-refractivity contribution in [3.8, 4) is 0 Å². The van der Waals surface area contributed by atoms with Crippen molar-refractivity contribution in [1.82, 2.24) is 10.4 Å². The molecule has 9 nitrogen and oxygen atoms in total. The minimum atomic E-state index is -1.30. The highest BCUT2D eigenvalue weighted by atomic mass is 16.7. The van der Waals surface area contributed by atoms with E-state index in [0.717, 1.165) is 10.6 Å². The van der Waals surface area contributed by atoms with Gasteiger partial charge in [-0.25, -0.2) is 14.7 Å². The summed E-state index contributed by atoms with van der Waals surface area (Å²) in [5, 5.41) is 12.5. The molecule has 9 heteroatoms. The van der Waals surface area contributed by atoms with E-state index in [2.05, 4.69) is 5.32 Å². The Kier molecular flexibility index (Phi) is 8.87. The number of hydrogen-bond donors (Lipinski definition) is 2. The first kappa shape index (κ1) is 23.4. The summed E-state index contributed by atoms with van der Waals surface area (Å²) in [5.41, 5.74) is 0.0759. The normalized spacial score (nSPS) is 13.3. The second kappa shape index (κ2) is 10.6. The number of hydroxylamine groups is 2. The highest BCUT2D eigenvalue weighted by Crippen LogP contribution is 2.14. The van der Waals surface area contributed by atoms with Crippen molar-refractivity contribution in [3.05, 3.63) is 35.9 Å². The van der Waals surface area contributed by atoms with Crippen LogP contribution in [0.15, 0.2) is 30.3 Å². The first-order valence-electron chi connectivity index (χ1n) is 8.72. The van der Waals surface area contributed by atoms with Gasteiger partial charge in [0.15, 0.2) is 6.10 Å². The van der Waals surface area contributed by atoms with Gasteiger partial charge in [-0.05, 0) is 32.8 Å². The van der Waals surface area contributed by atoms with Gasteiger partial charge in [-0.3, -0.25) is 9.63 Å². The molecule has 2 unspecified atom stereocenters. The third kappa shape index (κ3) is 8.36. The van der Waals surface area contributed by atoms with Crippen LogP contribution in [0.5, 0.6) is 0 Å². The Hall–Kier alpha value is -2.65. The summed E-state index contributed by atoms with van der Waals surface area (Å²) in [7, 11) is 2.66. The molecule has 1 aromatic rings. The second-order valence-electron chi connectivity index (χ2n) is 7.09. The van der Waals surface area contributed by atoms with Gasteiger partial charge < -0.3 is 19.9 Å². The van der Waals surface area contributed by atoms with Crippen molar-refractivity contribution in [2.24, 2.45) is 0 Å². The van der Waals surface area contributed by atoms with Crippen molar-refractivity contribution in [1.29, 1.82) is 0 Å². The minimum absolute atomic E-state index is 0.216. The Morgan fingerprint density at radius 3 is 2.29 bits per heavy atom. The van der Waals surface area contributed by atoms with Crippen LogP contribution in [-0.4, -0.2) is 66.7 Å². The summed E-state index contributed by atoms with van der Waals surface area (Å²) < 4.78 is 10.6. The number of amides is 2. The molecule has 156 valence electrons. The van der Waals surface area contributed by atoms with Gasteiger partial charge >= 0.3 is 12.1 Å². The van der Waals surface area contributed by atoms with E-state index < -0.39 is 42.3 Å². The number of hydrogen-bond acceptors (Lipinski definition) is 6. The van der Waals surface area contributed by atoms with Crippen LogP contribution in [0.25, 0.3) is 0 Å². The maximum atomic E-state index is 12.7. The fourth-order valence-electron chi connectivity index (χ4n) is 2.35. The molecule has 0 spiro atoms. The highest BCUT2D eigenvalue weighted by Gasteiger charge is 2.35. The van der Waals surface area contributed by atoms with Gasteiger partial charge in [0.25, 0.3) is 5.91 Å². The lowest BCUT2D eigenvalue weighted by Gasteiger charge is -2.30. The Morgan fingerprint density at radius 2 is 1.79 bits per heavy atom. The molecule has 0 fully saturated rings. The molecule has 2 amide bonds. The van der Waals surface area contributed by atoms with Gasteiger partial charge in [-0.1, -0.05) is 30.3 Å². The van der Waals surface area contributed by atoms with E-state index in [4.69, 9.17) is 19.4 Å². The number of alkyl carbamates (subject to hydrolysis) is 1. The van der Waals surface area contributed by atoms with Crippen LogP contribution in [0, 0.1) is 0 Å². The van der Waals surface area contributed by atoms with E-state index in [0.29, 0.717) is 0 Å². The molecular weight excluding hydrogens is 368 g/mol. The zero-order valence-corrected chi connectivity index (χ0v) is 16.8. The molecule has 0 aliphatic carbocycles. The lowest BCUT2D eigenvalue weighted by Crippen LogP contribution is -2.54. The van der Waals surface area contributed by atoms with Crippen LogP contribution in [0.3, 0.4) is 0 Å². The molecule has 2 N–H and O–H groups in total. The molecule has 28 heavy (non-hydrogen) atoms. The van der Waals surface area contributed by atoms with Crippen molar-refractivity contribution >= 4 is 18.0 Å². The Bertz CT molecular complexity index is 658. The number of likely N-dealkylation sites (N-methyl/N-ethyl adjacent to an activating group) is 1. The molecule has 0 heterocycles. The van der Waals surface area contributed by atoms with Gasteiger partial charge in [-0.2, -0.15) is 0 Å². The summed E-state index contributed by atoms with van der Waals surface area (Å²) >= 11 is 0. The number of rotatable bonds is 9. The molecule has 0 radical (unpaired) electrons. The zero-order chi connectivity index (χ0) is 21.3. The minimum Gasteiger partial charge on any atom is -0.480 e. The Morgan fingerprint density at radius 1 is 1.18 bits per heavy atom. The maximum Gasteiger partial charge on any atom is 0.407 e. The summed E-state index contributed by atoms with van der Waals surface area (Å²) in [5.74, 6) is -1.88. The number of carboxylic acid groups (broad SMARTS) is 1. The van der Waals surface area contributed by atoms with Gasteiger partial charge in [0.1, 0.15) is 12.2 Å². The van der Waals surface area contributed by atoms with E-state index in [1.54, 1.807) is 20.8 Å². The predicted molar refractivity (Wildman–Crippen MR) is 100 cm³/mol. The zero-order valence-electron chi connectivity index (χ0n) is 16.8. The number of carbonyl (C=O) groups is 3. The molecule has 1 aromatic carbocycles. The fourth-order valence-corrected chi connectivity index (χ4v) is 2.35. The largest absolute Gasteiger partial charge is 0.480 e. The van der Waals surface area contributed by atoms with E-state index in [1.807, 2.05) is 30.3 Å². The molecule has 0 saturated carbocycles. The third-order valence-electron chi connectivity index (χ3n) is 3.58. The van der Waals surface area contributed by atoms with Crippen LogP contribution < -0.4 is 5.32 Å². The van der Waals surface area contributed by atoms with Crippen LogP contribution >= 0.6 is 0 Å². The van der Waals surface area contributed by atoms with Crippen molar-refractivity contribution in [3.63, 3.8) is 0 Å². The summed E-state index contributed by atoms with van der Waals surface area (Å²) in [6, 6.07) is 8.22. The quantitative estimate of drug-likeness (QED) is 0.610. The van der Waals surface area contributed by atoms with Gasteiger partial charge in [-0.15, -0.1) is 0 Å². The summed E-state index contributed by atoms with van der Waals surface area (Å²) in [6.45, 7) is 4.42. The van der Waals surface area contributed by atoms with E-state index in [9.17, 15) is 14.4 Å². The standard InChI is InChI=1S/C19H28N2O7/c1-19(2,3)28-18(25)20-14(11-13-9-7-6-8-10-13)16(27-12-15(22)23)17(24)21(4)26-5/h6-10,14,16H,11-12H2,1-5H3,(H,20,25)(H,22,23). The van der Waals surface area contributed by atoms with Crippen LogP contribution in [0.4, 0.5) is 4.79 Å². The number of ether oxygens (including phenoxy) is 2. The van der Waals surface area contributed by atoms with Crippen LogP contribution in [0.1, 0.15) is 26.3 Å². The number of nitrogens with one attached hydrogen (secondary N) is 1. The molecule has 0 aliphatic rings. The molecule has 1 rings (SSSR count). The second-order valence-corrected chi connectivity index (χ2v) is 7.09. The topological polar surface area (TPSA) is 114 Å². The number of carbonyl (C=O) groups excluding carboxylic acids is 2. The molecule has 0 aromatic heterocycles. The van der Waals surface area contributed by atoms with E-state index >= 15 is 0 Å². The van der Waals surface area contributed by atoms with Crippen LogP contribution in [0.2, 0.25) is 0 Å².